The molecule has 0 aromatic rings. The van der Waals surface area contributed by atoms with Gasteiger partial charge in [-0.1, -0.05) is 20.8 Å². The summed E-state index contributed by atoms with van der Waals surface area (Å²) in [7, 11) is 0. The van der Waals surface area contributed by atoms with E-state index in [9.17, 15) is 0 Å². The Balaban J connectivity index is 3.37. The van der Waals surface area contributed by atoms with Crippen molar-refractivity contribution in [3.63, 3.8) is 0 Å². The van der Waals surface area contributed by atoms with E-state index in [2.05, 4.69) is 11.8 Å². The lowest BCUT2D eigenvalue weighted by Crippen LogP contribution is -2.17. The Kier molecular flexibility index (Phi) is 3.02. The van der Waals surface area contributed by atoms with E-state index in [-0.39, 0.29) is 5.41 Å². The molecule has 0 rings (SSSR count). The van der Waals surface area contributed by atoms with Gasteiger partial charge in [0.2, 0.25) is 0 Å². The summed E-state index contributed by atoms with van der Waals surface area (Å²) in [6, 6.07) is 0. The molecule has 0 atom stereocenters. The summed E-state index contributed by atoms with van der Waals surface area (Å²) < 4.78 is 0. The van der Waals surface area contributed by atoms with Crippen LogP contribution in [0.15, 0.2) is 0 Å². The lowest BCUT2D eigenvalue weighted by Gasteiger charge is -2.18. The fraction of sp³-hybridized carbons (Fsp3) is 1.00. The van der Waals surface area contributed by atoms with Crippen LogP contribution in [0.1, 0.15) is 27.2 Å². The Morgan fingerprint density at radius 1 is 1.50 bits per heavy atom. The third-order valence-electron chi connectivity index (χ3n) is 1.41. The van der Waals surface area contributed by atoms with Crippen LogP contribution in [-0.4, -0.2) is 6.61 Å². The van der Waals surface area contributed by atoms with Gasteiger partial charge in [-0.25, -0.2) is 0 Å². The number of hydrogen-bond donors (Lipinski definition) is 0. The van der Waals surface area contributed by atoms with Crippen LogP contribution >= 0.6 is 0 Å². The molecule has 0 saturated carbocycles. The van der Waals surface area contributed by atoms with Gasteiger partial charge in [0, 0.05) is 5.90 Å². The van der Waals surface area contributed by atoms with Crippen molar-refractivity contribution in [2.75, 3.05) is 6.61 Å². The molecule has 48 valence electrons. The molecule has 0 aliphatic carbocycles. The molecule has 0 bridgehead atoms. The molecule has 0 aliphatic heterocycles. The van der Waals surface area contributed by atoms with Gasteiger partial charge < -0.3 is 0 Å². The van der Waals surface area contributed by atoms with Gasteiger partial charge in [-0.15, -0.1) is 0 Å². The van der Waals surface area contributed by atoms with E-state index >= 15 is 0 Å². The van der Waals surface area contributed by atoms with Gasteiger partial charge in [0.1, 0.15) is 0 Å². The third-order valence-corrected chi connectivity index (χ3v) is 1.41. The second kappa shape index (κ2) is 3.05. The predicted molar refractivity (Wildman–Crippen MR) is 32.2 cm³/mol. The van der Waals surface area contributed by atoms with E-state index < -0.39 is 0 Å². The lowest BCUT2D eigenvalue weighted by atomic mass is 9.92. The predicted octanol–water partition coefficient (Wildman–Crippen LogP) is 1.42. The zero-order valence-corrected chi connectivity index (χ0v) is 5.77. The maximum atomic E-state index is 8.03. The smallest absolute Gasteiger partial charge is 0.0770 e. The molecule has 0 spiro atoms. The largest absolute Gasteiger partial charge is 0.263 e. The van der Waals surface area contributed by atoms with Crippen LogP contribution in [0.5, 0.6) is 0 Å². The van der Waals surface area contributed by atoms with Crippen molar-refractivity contribution >= 4 is 0 Å². The molecule has 0 heterocycles. The van der Waals surface area contributed by atoms with Crippen LogP contribution < -0.4 is 5.90 Å². The van der Waals surface area contributed by atoms with Gasteiger partial charge >= 0.3 is 0 Å². The molecule has 0 aromatic heterocycles. The third kappa shape index (κ3) is 2.99. The van der Waals surface area contributed by atoms with Crippen molar-refractivity contribution in [2.45, 2.75) is 27.2 Å². The highest BCUT2D eigenvalue weighted by Crippen LogP contribution is 2.18. The van der Waals surface area contributed by atoms with Crippen molar-refractivity contribution in [1.29, 1.82) is 0 Å². The standard InChI is InChI=1S/C6H13NO/c1-4-6(2,3)5-8-7/h4-5H2,1-3H3. The minimum Gasteiger partial charge on any atom is -0.263 e. The Morgan fingerprint density at radius 2 is 2.00 bits per heavy atom. The molecule has 8 heavy (non-hydrogen) atoms. The summed E-state index contributed by atoms with van der Waals surface area (Å²) in [6.07, 6.45) is 1.02. The molecule has 0 fully saturated rings. The van der Waals surface area contributed by atoms with Crippen LogP contribution in [0.4, 0.5) is 0 Å². The molecule has 0 saturated heterocycles. The Hall–Kier alpha value is -0.0800. The molecule has 0 amide bonds. The van der Waals surface area contributed by atoms with Crippen molar-refractivity contribution < 1.29 is 4.84 Å². The first kappa shape index (κ1) is 7.92. The molecular formula is C6H13NO. The van der Waals surface area contributed by atoms with E-state index in [0.717, 1.165) is 6.42 Å². The van der Waals surface area contributed by atoms with Crippen molar-refractivity contribution in [2.24, 2.45) is 5.41 Å². The molecule has 0 N–H and O–H groups in total. The summed E-state index contributed by atoms with van der Waals surface area (Å²) in [5.41, 5.74) is 0.120. The molecule has 0 unspecified atom stereocenters. The van der Waals surface area contributed by atoms with Gasteiger partial charge in [0.25, 0.3) is 0 Å². The summed E-state index contributed by atoms with van der Waals surface area (Å²) in [5, 5.41) is 0. The van der Waals surface area contributed by atoms with Crippen LogP contribution in [0, 0.1) is 5.41 Å². The maximum Gasteiger partial charge on any atom is 0.0770 e. The highest BCUT2D eigenvalue weighted by molar-refractivity contribution is 4.63. The average Bonchev–Trinajstić information content (AvgIpc) is 1.67. The normalized spacial score (nSPS) is 12.0. The second-order valence-electron chi connectivity index (χ2n) is 2.79. The lowest BCUT2D eigenvalue weighted by molar-refractivity contribution is 0.0467. The van der Waals surface area contributed by atoms with Gasteiger partial charge in [-0.05, 0) is 11.8 Å². The average molecular weight is 115 g/mol. The van der Waals surface area contributed by atoms with Crippen molar-refractivity contribution in [3.05, 3.63) is 0 Å². The van der Waals surface area contributed by atoms with E-state index in [1.54, 1.807) is 0 Å². The van der Waals surface area contributed by atoms with Gasteiger partial charge in [-0.3, -0.25) is 4.84 Å². The summed E-state index contributed by atoms with van der Waals surface area (Å²) in [4.78, 5) is 4.00. The number of hydrogen-bond acceptors (Lipinski definition) is 1. The van der Waals surface area contributed by atoms with E-state index in [4.69, 9.17) is 5.90 Å². The fourth-order valence-electron chi connectivity index (χ4n) is 0.277. The fourth-order valence-corrected chi connectivity index (χ4v) is 0.277. The Bertz CT molecular complexity index is 61.5. The maximum absolute atomic E-state index is 8.03. The van der Waals surface area contributed by atoms with Crippen LogP contribution in [-0.2, 0) is 4.84 Å². The Labute approximate surface area is 51.0 Å². The highest BCUT2D eigenvalue weighted by atomic mass is 16.6. The Morgan fingerprint density at radius 3 is 2.12 bits per heavy atom. The van der Waals surface area contributed by atoms with Gasteiger partial charge in [0.15, 0.2) is 0 Å². The van der Waals surface area contributed by atoms with Crippen molar-refractivity contribution in [1.82, 2.24) is 5.90 Å². The van der Waals surface area contributed by atoms with Gasteiger partial charge in [-0.2, -0.15) is 0 Å². The van der Waals surface area contributed by atoms with E-state index in [1.165, 1.54) is 0 Å². The second-order valence-corrected chi connectivity index (χ2v) is 2.79. The number of rotatable bonds is 3. The SMILES string of the molecule is CCC(C)(C)CO[N]. The first-order valence-electron chi connectivity index (χ1n) is 2.89. The molecule has 0 aliphatic rings. The highest BCUT2D eigenvalue weighted by Gasteiger charge is 2.14. The topological polar surface area (TPSA) is 31.5 Å². The molecular weight excluding hydrogens is 102 g/mol. The zero-order valence-electron chi connectivity index (χ0n) is 5.77. The van der Waals surface area contributed by atoms with E-state index in [0.29, 0.717) is 6.61 Å². The molecule has 0 aromatic carbocycles. The minimum absolute atomic E-state index is 0.120. The number of nitrogens with zero attached hydrogens (tertiary/aromatic N) is 1. The van der Waals surface area contributed by atoms with Crippen LogP contribution in [0.3, 0.4) is 0 Å². The monoisotopic (exact) mass is 115 g/mol. The molecule has 2 radical (unpaired) electrons. The molecule has 2 nitrogen and oxygen atoms in total. The first-order valence-corrected chi connectivity index (χ1v) is 2.89. The summed E-state index contributed by atoms with van der Waals surface area (Å²) in [5.74, 6) is 8.03. The van der Waals surface area contributed by atoms with Gasteiger partial charge in [0.05, 0.1) is 6.61 Å². The minimum atomic E-state index is 0.120. The van der Waals surface area contributed by atoms with E-state index in [1.807, 2.05) is 13.8 Å². The zero-order chi connectivity index (χ0) is 6.62. The summed E-state index contributed by atoms with van der Waals surface area (Å²) >= 11 is 0. The first-order chi connectivity index (χ1) is 3.62. The van der Waals surface area contributed by atoms with Crippen LogP contribution in [0.25, 0.3) is 0 Å². The van der Waals surface area contributed by atoms with Crippen molar-refractivity contribution in [3.8, 4) is 0 Å². The molecule has 2 heteroatoms. The van der Waals surface area contributed by atoms with Crippen LogP contribution in [0.2, 0.25) is 0 Å². The quantitative estimate of drug-likeness (QED) is 0.512. The summed E-state index contributed by atoms with van der Waals surface area (Å²) in [6.45, 7) is 6.58.